The highest BCUT2D eigenvalue weighted by Crippen LogP contribution is 2.40. The van der Waals surface area contributed by atoms with Gasteiger partial charge in [-0.2, -0.15) is 0 Å². The average Bonchev–Trinajstić information content (AvgIpc) is 3.40. The summed E-state index contributed by atoms with van der Waals surface area (Å²) in [5.74, 6) is 1.91. The van der Waals surface area contributed by atoms with Crippen molar-refractivity contribution in [3.8, 4) is 5.69 Å². The molecule has 2 aliphatic rings. The summed E-state index contributed by atoms with van der Waals surface area (Å²) in [5, 5.41) is 5.29. The van der Waals surface area contributed by atoms with Crippen LogP contribution in [0.5, 0.6) is 0 Å². The molecule has 0 spiro atoms. The molecule has 2 aromatic carbocycles. The van der Waals surface area contributed by atoms with Crippen LogP contribution in [-0.2, 0) is 4.79 Å². The summed E-state index contributed by atoms with van der Waals surface area (Å²) < 4.78 is 1.91. The first kappa shape index (κ1) is 19.1. The molecular formula is C23H22N4O2S. The number of anilines is 1. The molecule has 0 bridgehead atoms. The fourth-order valence-electron chi connectivity index (χ4n) is 3.69. The summed E-state index contributed by atoms with van der Waals surface area (Å²) >= 11 is 1.37. The van der Waals surface area contributed by atoms with Crippen molar-refractivity contribution in [3.05, 3.63) is 66.0 Å². The van der Waals surface area contributed by atoms with Gasteiger partial charge < -0.3 is 4.90 Å². The van der Waals surface area contributed by atoms with Gasteiger partial charge in [-0.15, -0.1) is 5.10 Å². The normalized spacial score (nSPS) is 16.3. The van der Waals surface area contributed by atoms with E-state index in [1.807, 2.05) is 47.1 Å². The van der Waals surface area contributed by atoms with Gasteiger partial charge in [0.2, 0.25) is 11.1 Å². The van der Waals surface area contributed by atoms with Crippen LogP contribution in [0.15, 0.2) is 59.8 Å². The molecule has 0 unspecified atom stereocenters. The molecule has 3 aromatic rings. The van der Waals surface area contributed by atoms with E-state index >= 15 is 0 Å². The molecule has 1 aliphatic heterocycles. The van der Waals surface area contributed by atoms with E-state index in [-0.39, 0.29) is 17.4 Å². The summed E-state index contributed by atoms with van der Waals surface area (Å²) in [7, 11) is 0. The van der Waals surface area contributed by atoms with Crippen molar-refractivity contribution in [3.63, 3.8) is 0 Å². The van der Waals surface area contributed by atoms with Crippen molar-refractivity contribution in [1.82, 2.24) is 14.8 Å². The summed E-state index contributed by atoms with van der Waals surface area (Å²) in [6.45, 7) is 0.751. The minimum atomic E-state index is 0.0309. The first-order valence-electron chi connectivity index (χ1n) is 10.3. The third-order valence-corrected chi connectivity index (χ3v) is 6.30. The number of hydrogen-bond acceptors (Lipinski definition) is 5. The Kier molecular flexibility index (Phi) is 5.12. The lowest BCUT2D eigenvalue weighted by atomic mass is 10.1. The molecular weight excluding hydrogens is 396 g/mol. The van der Waals surface area contributed by atoms with Gasteiger partial charge >= 0.3 is 0 Å². The second-order valence-electron chi connectivity index (χ2n) is 7.68. The SMILES string of the molecule is O=C(CSc1nc(C2CC2)n(-c2ccccc2)n1)c1ccc(N2CCCC2=O)cc1. The highest BCUT2D eigenvalue weighted by atomic mass is 32.2. The van der Waals surface area contributed by atoms with E-state index in [0.29, 0.717) is 23.1 Å². The van der Waals surface area contributed by atoms with E-state index in [1.165, 1.54) is 11.8 Å². The van der Waals surface area contributed by atoms with Crippen LogP contribution in [0.4, 0.5) is 5.69 Å². The summed E-state index contributed by atoms with van der Waals surface area (Å²) in [6, 6.07) is 17.3. The van der Waals surface area contributed by atoms with Crippen LogP contribution < -0.4 is 4.90 Å². The van der Waals surface area contributed by atoms with Crippen LogP contribution in [-0.4, -0.2) is 38.8 Å². The number of nitrogens with zero attached hydrogens (tertiary/aromatic N) is 4. The quantitative estimate of drug-likeness (QED) is 0.424. The van der Waals surface area contributed by atoms with E-state index in [2.05, 4.69) is 5.10 Å². The van der Waals surface area contributed by atoms with E-state index < -0.39 is 0 Å². The lowest BCUT2D eigenvalue weighted by Crippen LogP contribution is -2.23. The second-order valence-corrected chi connectivity index (χ2v) is 8.62. The number of hydrogen-bond donors (Lipinski definition) is 0. The molecule has 152 valence electrons. The highest BCUT2D eigenvalue weighted by Gasteiger charge is 2.30. The Morgan fingerprint density at radius 2 is 1.80 bits per heavy atom. The zero-order valence-electron chi connectivity index (χ0n) is 16.5. The molecule has 1 saturated carbocycles. The Morgan fingerprint density at radius 3 is 2.47 bits per heavy atom. The number of thioether (sulfide) groups is 1. The molecule has 2 fully saturated rings. The monoisotopic (exact) mass is 418 g/mol. The lowest BCUT2D eigenvalue weighted by molar-refractivity contribution is -0.117. The van der Waals surface area contributed by atoms with Gasteiger partial charge in [0.25, 0.3) is 0 Å². The number of ketones is 1. The molecule has 7 heteroatoms. The van der Waals surface area contributed by atoms with Crippen LogP contribution in [0.2, 0.25) is 0 Å². The first-order valence-corrected chi connectivity index (χ1v) is 11.3. The number of rotatable bonds is 7. The maximum atomic E-state index is 12.7. The van der Waals surface area contributed by atoms with Crippen LogP contribution in [0.1, 0.15) is 47.8 Å². The fourth-order valence-corrected chi connectivity index (χ4v) is 4.42. The number of para-hydroxylation sites is 1. The van der Waals surface area contributed by atoms with Gasteiger partial charge in [0.05, 0.1) is 11.4 Å². The summed E-state index contributed by atoms with van der Waals surface area (Å²) in [4.78, 5) is 31.0. The predicted molar refractivity (Wildman–Crippen MR) is 116 cm³/mol. The van der Waals surface area contributed by atoms with Crippen molar-refractivity contribution in [1.29, 1.82) is 0 Å². The fraction of sp³-hybridized carbons (Fsp3) is 0.304. The van der Waals surface area contributed by atoms with Crippen LogP contribution >= 0.6 is 11.8 Å². The standard InChI is InChI=1S/C23H22N4O2S/c28-20(16-10-12-18(13-11-16)26-14-4-7-21(26)29)15-30-23-24-22(17-8-9-17)27(25-23)19-5-2-1-3-6-19/h1-3,5-6,10-13,17H,4,7-9,14-15H2. The van der Waals surface area contributed by atoms with Crippen molar-refractivity contribution >= 4 is 29.1 Å². The van der Waals surface area contributed by atoms with Gasteiger partial charge in [-0.25, -0.2) is 9.67 Å². The van der Waals surface area contributed by atoms with Crippen LogP contribution in [0.3, 0.4) is 0 Å². The summed E-state index contributed by atoms with van der Waals surface area (Å²) in [6.07, 6.45) is 3.77. The molecule has 5 rings (SSSR count). The maximum absolute atomic E-state index is 12.7. The highest BCUT2D eigenvalue weighted by molar-refractivity contribution is 7.99. The van der Waals surface area contributed by atoms with Gasteiger partial charge in [0, 0.05) is 30.1 Å². The molecule has 1 amide bonds. The Morgan fingerprint density at radius 1 is 1.03 bits per heavy atom. The number of benzene rings is 2. The molecule has 1 saturated heterocycles. The molecule has 0 radical (unpaired) electrons. The third kappa shape index (κ3) is 3.89. The van der Waals surface area contributed by atoms with Gasteiger partial charge in [0.1, 0.15) is 5.82 Å². The Hall–Kier alpha value is -2.93. The van der Waals surface area contributed by atoms with Crippen molar-refractivity contribution in [2.75, 3.05) is 17.2 Å². The van der Waals surface area contributed by atoms with Gasteiger partial charge in [-0.1, -0.05) is 30.0 Å². The van der Waals surface area contributed by atoms with Crippen molar-refractivity contribution in [2.24, 2.45) is 0 Å². The largest absolute Gasteiger partial charge is 0.312 e. The average molecular weight is 419 g/mol. The minimum absolute atomic E-state index is 0.0309. The zero-order valence-corrected chi connectivity index (χ0v) is 17.3. The first-order chi connectivity index (χ1) is 14.7. The van der Waals surface area contributed by atoms with E-state index in [9.17, 15) is 9.59 Å². The Labute approximate surface area is 179 Å². The van der Waals surface area contributed by atoms with Gasteiger partial charge in [0.15, 0.2) is 5.78 Å². The molecule has 2 heterocycles. The predicted octanol–water partition coefficient (Wildman–Crippen LogP) is 4.25. The molecule has 30 heavy (non-hydrogen) atoms. The lowest BCUT2D eigenvalue weighted by Gasteiger charge is -2.15. The Balaban J connectivity index is 1.27. The van der Waals surface area contributed by atoms with E-state index in [0.717, 1.165) is 43.0 Å². The molecule has 1 aliphatic carbocycles. The molecule has 6 nitrogen and oxygen atoms in total. The topological polar surface area (TPSA) is 68.1 Å². The van der Waals surface area contributed by atoms with Gasteiger partial charge in [-0.3, -0.25) is 9.59 Å². The number of carbonyl (C=O) groups excluding carboxylic acids is 2. The third-order valence-electron chi connectivity index (χ3n) is 5.46. The van der Waals surface area contributed by atoms with E-state index in [4.69, 9.17) is 4.98 Å². The van der Waals surface area contributed by atoms with E-state index in [1.54, 1.807) is 17.0 Å². The van der Waals surface area contributed by atoms with Crippen molar-refractivity contribution in [2.45, 2.75) is 36.8 Å². The molecule has 0 N–H and O–H groups in total. The van der Waals surface area contributed by atoms with Gasteiger partial charge in [-0.05, 0) is 55.7 Å². The summed E-state index contributed by atoms with van der Waals surface area (Å²) in [5.41, 5.74) is 2.50. The maximum Gasteiger partial charge on any atom is 0.227 e. The number of carbonyl (C=O) groups is 2. The van der Waals surface area contributed by atoms with Crippen LogP contribution in [0, 0.1) is 0 Å². The number of aromatic nitrogens is 3. The Bertz CT molecular complexity index is 1070. The second kappa shape index (κ2) is 8.07. The molecule has 0 atom stereocenters. The number of Topliss-reactive ketones (excluding diaryl/α,β-unsaturated/α-hetero) is 1. The smallest absolute Gasteiger partial charge is 0.227 e. The minimum Gasteiger partial charge on any atom is -0.312 e. The molecule has 1 aromatic heterocycles. The van der Waals surface area contributed by atoms with Crippen LogP contribution in [0.25, 0.3) is 5.69 Å². The van der Waals surface area contributed by atoms with Crippen molar-refractivity contribution < 1.29 is 9.59 Å². The zero-order chi connectivity index (χ0) is 20.5. The number of amides is 1.